The second kappa shape index (κ2) is 6.41. The molecule has 1 fully saturated rings. The third-order valence-electron chi connectivity index (χ3n) is 3.41. The van der Waals surface area contributed by atoms with E-state index in [1.165, 1.54) is 45.1 Å². The fraction of sp³-hybridized carbons (Fsp3) is 1.00. The van der Waals surface area contributed by atoms with Crippen LogP contribution in [-0.4, -0.2) is 18.6 Å². The summed E-state index contributed by atoms with van der Waals surface area (Å²) in [6.07, 6.45) is 7.77. The number of nitrogens with two attached hydrogens (primary N) is 1. The first-order valence-electron chi connectivity index (χ1n) is 6.25. The molecule has 84 valence electrons. The molecule has 1 saturated carbocycles. The summed E-state index contributed by atoms with van der Waals surface area (Å²) in [5.74, 6) is 0.881. The van der Waals surface area contributed by atoms with Crippen molar-refractivity contribution in [3.63, 3.8) is 0 Å². The summed E-state index contributed by atoms with van der Waals surface area (Å²) in [7, 11) is 0. The van der Waals surface area contributed by atoms with Crippen molar-refractivity contribution in [2.24, 2.45) is 11.7 Å². The van der Waals surface area contributed by atoms with Crippen molar-refractivity contribution in [1.82, 2.24) is 5.32 Å². The highest BCUT2D eigenvalue weighted by atomic mass is 15.0. The van der Waals surface area contributed by atoms with Gasteiger partial charge in [-0.05, 0) is 31.7 Å². The van der Waals surface area contributed by atoms with Crippen LogP contribution in [0, 0.1) is 5.92 Å². The van der Waals surface area contributed by atoms with Gasteiger partial charge >= 0.3 is 0 Å². The maximum atomic E-state index is 5.75. The molecule has 0 heterocycles. The Morgan fingerprint density at radius 3 is 2.57 bits per heavy atom. The van der Waals surface area contributed by atoms with E-state index in [0.717, 1.165) is 12.0 Å². The quantitative estimate of drug-likeness (QED) is 0.658. The molecule has 1 rings (SSSR count). The molecule has 1 atom stereocenters. The smallest absolute Gasteiger partial charge is 0.00966 e. The van der Waals surface area contributed by atoms with Gasteiger partial charge in [0, 0.05) is 12.1 Å². The molecule has 0 aromatic heterocycles. The summed E-state index contributed by atoms with van der Waals surface area (Å²) >= 11 is 0. The van der Waals surface area contributed by atoms with Gasteiger partial charge in [-0.3, -0.25) is 0 Å². The van der Waals surface area contributed by atoms with Crippen molar-refractivity contribution in [2.45, 2.75) is 64.5 Å². The van der Waals surface area contributed by atoms with Gasteiger partial charge in [0.2, 0.25) is 0 Å². The van der Waals surface area contributed by atoms with Crippen LogP contribution in [-0.2, 0) is 0 Å². The first kappa shape index (κ1) is 12.0. The molecule has 0 saturated heterocycles. The number of unbranched alkanes of at least 4 members (excludes halogenated alkanes) is 1. The Morgan fingerprint density at radius 2 is 2.07 bits per heavy atom. The Bertz CT molecular complexity index is 141. The molecule has 14 heavy (non-hydrogen) atoms. The van der Waals surface area contributed by atoms with Crippen molar-refractivity contribution in [1.29, 1.82) is 0 Å². The summed E-state index contributed by atoms with van der Waals surface area (Å²) in [6.45, 7) is 5.77. The van der Waals surface area contributed by atoms with Crippen LogP contribution in [0.2, 0.25) is 0 Å². The molecule has 0 spiro atoms. The van der Waals surface area contributed by atoms with Gasteiger partial charge in [-0.1, -0.05) is 33.1 Å². The summed E-state index contributed by atoms with van der Waals surface area (Å²) < 4.78 is 0. The van der Waals surface area contributed by atoms with E-state index < -0.39 is 0 Å². The van der Waals surface area contributed by atoms with Crippen LogP contribution in [0.5, 0.6) is 0 Å². The maximum Gasteiger partial charge on any atom is 0.00966 e. The minimum Gasteiger partial charge on any atom is -0.328 e. The largest absolute Gasteiger partial charge is 0.328 e. The average Bonchev–Trinajstić information content (AvgIpc) is 2.15. The van der Waals surface area contributed by atoms with E-state index in [9.17, 15) is 0 Å². The second-order valence-electron chi connectivity index (χ2n) is 4.75. The highest BCUT2D eigenvalue weighted by Gasteiger charge is 2.25. The normalized spacial score (nSPS) is 28.5. The van der Waals surface area contributed by atoms with Gasteiger partial charge in [-0.2, -0.15) is 0 Å². The standard InChI is InChI=1S/C12H26N2/c1-3-5-6-10(4-2)9-14-12-7-11(13)8-12/h10-12,14H,3-9,13H2,1-2H3. The first-order chi connectivity index (χ1) is 6.76. The van der Waals surface area contributed by atoms with Crippen molar-refractivity contribution in [3.05, 3.63) is 0 Å². The lowest BCUT2D eigenvalue weighted by atomic mass is 9.87. The van der Waals surface area contributed by atoms with Crippen LogP contribution in [0.3, 0.4) is 0 Å². The molecule has 0 aromatic rings. The zero-order valence-electron chi connectivity index (χ0n) is 9.76. The van der Waals surface area contributed by atoms with E-state index in [0.29, 0.717) is 6.04 Å². The van der Waals surface area contributed by atoms with Crippen LogP contribution in [0.15, 0.2) is 0 Å². The molecule has 3 N–H and O–H groups in total. The molecular formula is C12H26N2. The Kier molecular flexibility index (Phi) is 5.49. The number of nitrogens with one attached hydrogen (secondary N) is 1. The molecule has 0 aromatic carbocycles. The molecule has 2 heteroatoms. The third kappa shape index (κ3) is 3.97. The van der Waals surface area contributed by atoms with Crippen molar-refractivity contribution < 1.29 is 0 Å². The third-order valence-corrected chi connectivity index (χ3v) is 3.41. The average molecular weight is 198 g/mol. The van der Waals surface area contributed by atoms with Crippen LogP contribution in [0.25, 0.3) is 0 Å². The lowest BCUT2D eigenvalue weighted by Gasteiger charge is -2.34. The number of hydrogen-bond donors (Lipinski definition) is 2. The summed E-state index contributed by atoms with van der Waals surface area (Å²) in [4.78, 5) is 0. The summed E-state index contributed by atoms with van der Waals surface area (Å²) in [5.41, 5.74) is 5.75. The topological polar surface area (TPSA) is 38.0 Å². The molecule has 0 radical (unpaired) electrons. The zero-order valence-corrected chi connectivity index (χ0v) is 9.76. The van der Waals surface area contributed by atoms with Gasteiger partial charge in [0.05, 0.1) is 0 Å². The van der Waals surface area contributed by atoms with Crippen molar-refractivity contribution in [3.8, 4) is 0 Å². The van der Waals surface area contributed by atoms with E-state index >= 15 is 0 Å². The van der Waals surface area contributed by atoms with Crippen LogP contribution < -0.4 is 11.1 Å². The van der Waals surface area contributed by atoms with E-state index in [4.69, 9.17) is 5.73 Å². The van der Waals surface area contributed by atoms with Gasteiger partial charge in [-0.25, -0.2) is 0 Å². The van der Waals surface area contributed by atoms with E-state index in [-0.39, 0.29) is 0 Å². The molecule has 0 amide bonds. The lowest BCUT2D eigenvalue weighted by Crippen LogP contribution is -2.49. The molecule has 1 unspecified atom stereocenters. The SMILES string of the molecule is CCCCC(CC)CNC1CC(N)C1. The molecule has 1 aliphatic rings. The van der Waals surface area contributed by atoms with Gasteiger partial charge in [0.25, 0.3) is 0 Å². The highest BCUT2D eigenvalue weighted by molar-refractivity contribution is 4.87. The van der Waals surface area contributed by atoms with Crippen LogP contribution in [0.4, 0.5) is 0 Å². The van der Waals surface area contributed by atoms with E-state index in [1.807, 2.05) is 0 Å². The van der Waals surface area contributed by atoms with Gasteiger partial charge in [-0.15, -0.1) is 0 Å². The van der Waals surface area contributed by atoms with E-state index in [1.54, 1.807) is 0 Å². The fourth-order valence-electron chi connectivity index (χ4n) is 2.11. The zero-order chi connectivity index (χ0) is 10.4. The fourth-order valence-corrected chi connectivity index (χ4v) is 2.11. The van der Waals surface area contributed by atoms with Gasteiger partial charge in [0.1, 0.15) is 0 Å². The predicted octanol–water partition coefficient (Wildman–Crippen LogP) is 2.28. The van der Waals surface area contributed by atoms with Gasteiger partial charge in [0.15, 0.2) is 0 Å². The lowest BCUT2D eigenvalue weighted by molar-refractivity contribution is 0.270. The minimum absolute atomic E-state index is 0.475. The number of rotatable bonds is 7. The first-order valence-corrected chi connectivity index (χ1v) is 6.25. The Balaban J connectivity index is 2.02. The van der Waals surface area contributed by atoms with Gasteiger partial charge < -0.3 is 11.1 Å². The molecule has 0 bridgehead atoms. The van der Waals surface area contributed by atoms with E-state index in [2.05, 4.69) is 19.2 Å². The van der Waals surface area contributed by atoms with Crippen LogP contribution in [0.1, 0.15) is 52.4 Å². The Labute approximate surface area is 88.6 Å². The van der Waals surface area contributed by atoms with Crippen molar-refractivity contribution in [2.75, 3.05) is 6.54 Å². The Morgan fingerprint density at radius 1 is 1.36 bits per heavy atom. The van der Waals surface area contributed by atoms with Crippen molar-refractivity contribution >= 4 is 0 Å². The molecule has 2 nitrogen and oxygen atoms in total. The molecule has 0 aliphatic heterocycles. The number of hydrogen-bond acceptors (Lipinski definition) is 2. The highest BCUT2D eigenvalue weighted by Crippen LogP contribution is 2.19. The summed E-state index contributed by atoms with van der Waals surface area (Å²) in [6, 6.07) is 1.20. The summed E-state index contributed by atoms with van der Waals surface area (Å²) in [5, 5.41) is 3.63. The second-order valence-corrected chi connectivity index (χ2v) is 4.75. The maximum absolute atomic E-state index is 5.75. The molecule has 1 aliphatic carbocycles. The predicted molar refractivity (Wildman–Crippen MR) is 62.3 cm³/mol. The monoisotopic (exact) mass is 198 g/mol. The van der Waals surface area contributed by atoms with Crippen LogP contribution >= 0.6 is 0 Å². The Hall–Kier alpha value is -0.0800. The minimum atomic E-state index is 0.475. The molecular weight excluding hydrogens is 172 g/mol.